The summed E-state index contributed by atoms with van der Waals surface area (Å²) >= 11 is 1.93. The van der Waals surface area contributed by atoms with E-state index in [1.807, 2.05) is 11.8 Å². The van der Waals surface area contributed by atoms with Gasteiger partial charge in [0.1, 0.15) is 0 Å². The average molecular weight is 207 g/mol. The summed E-state index contributed by atoms with van der Waals surface area (Å²) in [6.45, 7) is 4.62. The van der Waals surface area contributed by atoms with Crippen LogP contribution < -0.4 is 0 Å². The van der Waals surface area contributed by atoms with Crippen molar-refractivity contribution in [3.8, 4) is 0 Å². The van der Waals surface area contributed by atoms with Gasteiger partial charge in [0.05, 0.1) is 5.37 Å². The van der Waals surface area contributed by atoms with Crippen molar-refractivity contribution in [3.05, 3.63) is 35.4 Å². The molecule has 2 heteroatoms. The van der Waals surface area contributed by atoms with Crippen LogP contribution >= 0.6 is 11.8 Å². The number of benzene rings is 1. The second-order valence-electron chi connectivity index (χ2n) is 3.82. The van der Waals surface area contributed by atoms with E-state index in [2.05, 4.69) is 42.3 Å². The largest absolute Gasteiger partial charge is 0.287 e. The number of fused-ring (bicyclic) bond motifs is 1. The quantitative estimate of drug-likeness (QED) is 0.733. The number of hydrogen-bond donors (Lipinski definition) is 0. The van der Waals surface area contributed by atoms with Crippen LogP contribution in [0.3, 0.4) is 0 Å². The fraction of sp³-hybridized carbons (Fsp3) is 0.500. The molecular weight excluding hydrogens is 190 g/mol. The van der Waals surface area contributed by atoms with E-state index in [-0.39, 0.29) is 0 Å². The molecule has 1 heterocycles. The van der Waals surface area contributed by atoms with E-state index in [0.717, 1.165) is 6.54 Å². The van der Waals surface area contributed by atoms with Gasteiger partial charge in [-0.25, -0.2) is 0 Å². The lowest BCUT2D eigenvalue weighted by Crippen LogP contribution is -2.35. The monoisotopic (exact) mass is 207 g/mol. The molecular formula is C12H17NS. The number of nitrogens with zero attached hydrogens (tertiary/aromatic N) is 1. The number of rotatable bonds is 2. The van der Waals surface area contributed by atoms with Crippen LogP contribution in [0, 0.1) is 0 Å². The molecule has 0 spiro atoms. The molecule has 0 saturated heterocycles. The highest BCUT2D eigenvalue weighted by molar-refractivity contribution is 7.99. The minimum Gasteiger partial charge on any atom is -0.287 e. The third-order valence-electron chi connectivity index (χ3n) is 3.02. The van der Waals surface area contributed by atoms with Gasteiger partial charge in [-0.1, -0.05) is 24.3 Å². The van der Waals surface area contributed by atoms with E-state index in [0.29, 0.717) is 5.37 Å². The molecule has 1 aromatic carbocycles. The lowest BCUT2D eigenvalue weighted by Gasteiger charge is -2.32. The number of hydrogen-bond acceptors (Lipinski definition) is 2. The Balaban J connectivity index is 2.13. The van der Waals surface area contributed by atoms with Crippen molar-refractivity contribution in [2.24, 2.45) is 0 Å². The van der Waals surface area contributed by atoms with E-state index in [1.165, 1.54) is 24.1 Å². The zero-order chi connectivity index (χ0) is 9.97. The number of thioether (sulfide) groups is 1. The van der Waals surface area contributed by atoms with Gasteiger partial charge in [-0.3, -0.25) is 4.90 Å². The van der Waals surface area contributed by atoms with Gasteiger partial charge in [0.25, 0.3) is 0 Å². The summed E-state index contributed by atoms with van der Waals surface area (Å²) in [5.74, 6) is 0. The molecule has 0 aromatic heterocycles. The Morgan fingerprint density at radius 3 is 2.71 bits per heavy atom. The van der Waals surface area contributed by atoms with Crippen LogP contribution in [-0.2, 0) is 13.0 Å². The van der Waals surface area contributed by atoms with Crippen molar-refractivity contribution < 1.29 is 0 Å². The molecule has 0 amide bonds. The highest BCUT2D eigenvalue weighted by atomic mass is 32.2. The standard InChI is InChI=1S/C12H17NS/c1-10(14-2)13-8-7-11-5-3-4-6-12(11)9-13/h3-6,10H,7-9H2,1-2H3. The molecule has 1 aliphatic rings. The lowest BCUT2D eigenvalue weighted by atomic mass is 10.0. The van der Waals surface area contributed by atoms with Crippen molar-refractivity contribution in [2.75, 3.05) is 12.8 Å². The maximum absolute atomic E-state index is 2.55. The molecule has 76 valence electrons. The van der Waals surface area contributed by atoms with E-state index in [9.17, 15) is 0 Å². The first-order valence-corrected chi connectivity index (χ1v) is 6.43. The summed E-state index contributed by atoms with van der Waals surface area (Å²) in [6.07, 6.45) is 3.40. The third-order valence-corrected chi connectivity index (χ3v) is 4.00. The molecule has 1 unspecified atom stereocenters. The van der Waals surface area contributed by atoms with Gasteiger partial charge in [0.15, 0.2) is 0 Å². The van der Waals surface area contributed by atoms with Gasteiger partial charge in [-0.05, 0) is 30.7 Å². The molecule has 1 nitrogen and oxygen atoms in total. The first-order chi connectivity index (χ1) is 6.81. The van der Waals surface area contributed by atoms with Gasteiger partial charge < -0.3 is 0 Å². The van der Waals surface area contributed by atoms with Gasteiger partial charge in [0.2, 0.25) is 0 Å². The molecule has 1 aliphatic heterocycles. The molecule has 2 rings (SSSR count). The molecule has 0 fully saturated rings. The molecule has 1 aromatic rings. The second-order valence-corrected chi connectivity index (χ2v) is 4.98. The van der Waals surface area contributed by atoms with Crippen LogP contribution in [0.25, 0.3) is 0 Å². The van der Waals surface area contributed by atoms with Crippen molar-refractivity contribution in [3.63, 3.8) is 0 Å². The summed E-state index contributed by atoms with van der Waals surface area (Å²) in [4.78, 5) is 2.55. The first kappa shape index (κ1) is 10.1. The fourth-order valence-electron chi connectivity index (χ4n) is 1.98. The first-order valence-electron chi connectivity index (χ1n) is 5.15. The minimum absolute atomic E-state index is 0.642. The van der Waals surface area contributed by atoms with Gasteiger partial charge in [-0.2, -0.15) is 0 Å². The van der Waals surface area contributed by atoms with Crippen LogP contribution in [0.4, 0.5) is 0 Å². The van der Waals surface area contributed by atoms with Gasteiger partial charge >= 0.3 is 0 Å². The maximum Gasteiger partial charge on any atom is 0.0529 e. The Bertz CT molecular complexity index is 311. The predicted octanol–water partition coefficient (Wildman–Crippen LogP) is 2.75. The maximum atomic E-state index is 2.55. The van der Waals surface area contributed by atoms with E-state index < -0.39 is 0 Å². The molecule has 14 heavy (non-hydrogen) atoms. The SMILES string of the molecule is CSC(C)N1CCc2ccccc2C1. The normalized spacial score (nSPS) is 19.0. The Morgan fingerprint density at radius 2 is 2.00 bits per heavy atom. The van der Waals surface area contributed by atoms with Crippen LogP contribution in [0.5, 0.6) is 0 Å². The van der Waals surface area contributed by atoms with Crippen LogP contribution in [0.2, 0.25) is 0 Å². The van der Waals surface area contributed by atoms with Crippen molar-refractivity contribution >= 4 is 11.8 Å². The van der Waals surface area contributed by atoms with E-state index in [4.69, 9.17) is 0 Å². The topological polar surface area (TPSA) is 3.24 Å². The third kappa shape index (κ3) is 1.96. The van der Waals surface area contributed by atoms with Crippen LogP contribution in [0.15, 0.2) is 24.3 Å². The molecule has 0 bridgehead atoms. The van der Waals surface area contributed by atoms with Crippen LogP contribution in [-0.4, -0.2) is 23.1 Å². The Morgan fingerprint density at radius 1 is 1.29 bits per heavy atom. The highest BCUT2D eigenvalue weighted by Crippen LogP contribution is 2.23. The second kappa shape index (κ2) is 4.37. The summed E-state index contributed by atoms with van der Waals surface area (Å²) in [5, 5.41) is 0.642. The van der Waals surface area contributed by atoms with E-state index in [1.54, 1.807) is 0 Å². The fourth-order valence-corrected chi connectivity index (χ4v) is 2.46. The predicted molar refractivity (Wildman–Crippen MR) is 63.5 cm³/mol. The minimum atomic E-state index is 0.642. The zero-order valence-corrected chi connectivity index (χ0v) is 9.68. The molecule has 0 N–H and O–H groups in total. The zero-order valence-electron chi connectivity index (χ0n) is 8.86. The summed E-state index contributed by atoms with van der Waals surface area (Å²) in [6, 6.07) is 8.81. The van der Waals surface area contributed by atoms with Gasteiger partial charge in [-0.15, -0.1) is 11.8 Å². The Hall–Kier alpha value is -0.470. The van der Waals surface area contributed by atoms with Crippen molar-refractivity contribution in [1.82, 2.24) is 4.90 Å². The summed E-state index contributed by atoms with van der Waals surface area (Å²) in [7, 11) is 0. The molecule has 0 aliphatic carbocycles. The lowest BCUT2D eigenvalue weighted by molar-refractivity contribution is 0.247. The Kier molecular flexibility index (Phi) is 3.14. The smallest absolute Gasteiger partial charge is 0.0529 e. The average Bonchev–Trinajstić information content (AvgIpc) is 2.27. The van der Waals surface area contributed by atoms with Crippen LogP contribution in [0.1, 0.15) is 18.1 Å². The summed E-state index contributed by atoms with van der Waals surface area (Å²) in [5.41, 5.74) is 3.05. The van der Waals surface area contributed by atoms with Crippen molar-refractivity contribution in [2.45, 2.75) is 25.3 Å². The summed E-state index contributed by atoms with van der Waals surface area (Å²) < 4.78 is 0. The van der Waals surface area contributed by atoms with E-state index >= 15 is 0 Å². The molecule has 1 atom stereocenters. The van der Waals surface area contributed by atoms with Crippen molar-refractivity contribution in [1.29, 1.82) is 0 Å². The molecule has 0 radical (unpaired) electrons. The Labute approximate surface area is 90.5 Å². The van der Waals surface area contributed by atoms with Gasteiger partial charge in [0, 0.05) is 13.1 Å². The highest BCUT2D eigenvalue weighted by Gasteiger charge is 2.19. The molecule has 0 saturated carbocycles.